The minimum atomic E-state index is -0.480. The lowest BCUT2D eigenvalue weighted by molar-refractivity contribution is -0.123. The Morgan fingerprint density at radius 3 is 2.04 bits per heavy atom. The number of amides is 1. The van der Waals surface area contributed by atoms with Gasteiger partial charge in [0.25, 0.3) is 5.91 Å². The van der Waals surface area contributed by atoms with E-state index in [0.29, 0.717) is 47.6 Å². The van der Waals surface area contributed by atoms with Gasteiger partial charge in [-0.1, -0.05) is 126 Å². The third-order valence-corrected chi connectivity index (χ3v) is 9.81. The summed E-state index contributed by atoms with van der Waals surface area (Å²) in [5.41, 5.74) is 4.19. The smallest absolute Gasteiger partial charge is 0.252 e. The van der Waals surface area contributed by atoms with E-state index in [1.165, 1.54) is 11.8 Å². The molecule has 0 unspecified atom stereocenters. The molecule has 0 bridgehead atoms. The fourth-order valence-corrected chi connectivity index (χ4v) is 7.17. The van der Waals surface area contributed by atoms with Crippen molar-refractivity contribution in [3.63, 3.8) is 0 Å². The molecule has 0 aliphatic carbocycles. The number of nitrogens with one attached hydrogen (secondary N) is 1. The topological polar surface area (TPSA) is 75.2 Å². The van der Waals surface area contributed by atoms with Gasteiger partial charge in [0.2, 0.25) is 0 Å². The van der Waals surface area contributed by atoms with Crippen LogP contribution in [0.4, 0.5) is 5.82 Å². The van der Waals surface area contributed by atoms with E-state index in [1.54, 1.807) is 13.0 Å². The monoisotopic (exact) mass is 646 g/mol. The van der Waals surface area contributed by atoms with Crippen LogP contribution in [-0.4, -0.2) is 34.7 Å². The zero-order chi connectivity index (χ0) is 31.9. The van der Waals surface area contributed by atoms with Gasteiger partial charge in [0.15, 0.2) is 5.16 Å². The lowest BCUT2D eigenvalue weighted by Crippen LogP contribution is -2.47. The van der Waals surface area contributed by atoms with E-state index in [-0.39, 0.29) is 17.7 Å². The van der Waals surface area contributed by atoms with Crippen molar-refractivity contribution < 1.29 is 9.59 Å². The minimum absolute atomic E-state index is 0.145. The SMILES string of the molecule is CC(=O)C1(c2ccccc2)CCN(c2cc(Cl)nc(SCc3cccc(C(=O)NC(c4ccccc4)c4ccccc4)c3)n2)CC1. The number of nitrogens with zero attached hydrogens (tertiary/aromatic N) is 3. The molecule has 232 valence electrons. The average molecular weight is 647 g/mol. The lowest BCUT2D eigenvalue weighted by atomic mass is 9.70. The first-order chi connectivity index (χ1) is 22.4. The Hall–Kier alpha value is -4.46. The van der Waals surface area contributed by atoms with Crippen molar-refractivity contribution in [1.29, 1.82) is 0 Å². The number of piperidine rings is 1. The molecule has 1 amide bonds. The predicted molar refractivity (Wildman–Crippen MR) is 185 cm³/mol. The van der Waals surface area contributed by atoms with Gasteiger partial charge in [-0.3, -0.25) is 9.59 Å². The number of rotatable bonds is 10. The maximum absolute atomic E-state index is 13.5. The van der Waals surface area contributed by atoms with Crippen LogP contribution in [-0.2, 0) is 16.0 Å². The zero-order valence-electron chi connectivity index (χ0n) is 25.6. The van der Waals surface area contributed by atoms with Gasteiger partial charge < -0.3 is 10.2 Å². The normalized spacial score (nSPS) is 14.2. The summed E-state index contributed by atoms with van der Waals surface area (Å²) < 4.78 is 0. The first-order valence-electron chi connectivity index (χ1n) is 15.4. The van der Waals surface area contributed by atoms with Crippen molar-refractivity contribution >= 4 is 40.9 Å². The van der Waals surface area contributed by atoms with Crippen molar-refractivity contribution in [2.75, 3.05) is 18.0 Å². The summed E-state index contributed by atoms with van der Waals surface area (Å²) >= 11 is 7.95. The van der Waals surface area contributed by atoms with Gasteiger partial charge in [0.05, 0.1) is 11.5 Å². The molecule has 6 nitrogen and oxygen atoms in total. The van der Waals surface area contributed by atoms with Gasteiger partial charge in [-0.15, -0.1) is 0 Å². The first kappa shape index (κ1) is 31.5. The summed E-state index contributed by atoms with van der Waals surface area (Å²) in [5, 5.41) is 4.17. The number of ketones is 1. The standard InChI is InChI=1S/C38H35ClN4O2S/c1-27(44)38(32-18-9-4-10-19-32)20-22-43(23-21-38)34-25-33(39)40-37(41-34)46-26-28-12-11-17-31(24-28)36(45)42-35(29-13-5-2-6-14-29)30-15-7-3-8-16-30/h2-19,24-25,35H,20-23,26H2,1H3,(H,42,45). The molecule has 0 atom stereocenters. The first-order valence-corrected chi connectivity index (χ1v) is 16.8. The van der Waals surface area contributed by atoms with Crippen LogP contribution in [0.1, 0.15) is 58.4 Å². The average Bonchev–Trinajstić information content (AvgIpc) is 3.10. The highest BCUT2D eigenvalue weighted by atomic mass is 35.5. The van der Waals surface area contributed by atoms with Crippen LogP contribution < -0.4 is 10.2 Å². The predicted octanol–water partition coefficient (Wildman–Crippen LogP) is 8.07. The Kier molecular flexibility index (Phi) is 9.81. The van der Waals surface area contributed by atoms with E-state index in [4.69, 9.17) is 16.6 Å². The van der Waals surface area contributed by atoms with Gasteiger partial charge in [-0.2, -0.15) is 0 Å². The van der Waals surface area contributed by atoms with Crippen LogP contribution >= 0.6 is 23.4 Å². The molecule has 4 aromatic carbocycles. The summed E-state index contributed by atoms with van der Waals surface area (Å²) in [6, 6.07) is 39.2. The van der Waals surface area contributed by atoms with E-state index in [2.05, 4.69) is 27.3 Å². The summed E-state index contributed by atoms with van der Waals surface area (Å²) in [5.74, 6) is 1.38. The summed E-state index contributed by atoms with van der Waals surface area (Å²) in [4.78, 5) is 37.8. The number of benzene rings is 4. The summed E-state index contributed by atoms with van der Waals surface area (Å²) in [7, 11) is 0. The number of Topliss-reactive ketones (excluding diaryl/α,β-unsaturated/α-hetero) is 1. The van der Waals surface area contributed by atoms with Gasteiger partial charge in [-0.25, -0.2) is 9.97 Å². The van der Waals surface area contributed by atoms with Crippen molar-refractivity contribution in [2.24, 2.45) is 0 Å². The maximum atomic E-state index is 13.5. The van der Waals surface area contributed by atoms with Crippen molar-refractivity contribution in [3.8, 4) is 0 Å². The van der Waals surface area contributed by atoms with Gasteiger partial charge in [0, 0.05) is 30.5 Å². The Bertz CT molecular complexity index is 1760. The number of thioether (sulfide) groups is 1. The Balaban J connectivity index is 1.13. The molecule has 1 aromatic heterocycles. The minimum Gasteiger partial charge on any atom is -0.356 e. The van der Waals surface area contributed by atoms with Gasteiger partial charge in [-0.05, 0) is 54.2 Å². The summed E-state index contributed by atoms with van der Waals surface area (Å²) in [6.45, 7) is 3.08. The molecule has 1 aliphatic rings. The van der Waals surface area contributed by atoms with Crippen LogP contribution in [0.25, 0.3) is 0 Å². The summed E-state index contributed by atoms with van der Waals surface area (Å²) in [6.07, 6.45) is 1.42. The van der Waals surface area contributed by atoms with Gasteiger partial charge in [0.1, 0.15) is 16.8 Å². The highest BCUT2D eigenvalue weighted by Crippen LogP contribution is 2.38. The second kappa shape index (κ2) is 14.3. The number of carbonyl (C=O) groups excluding carboxylic acids is 2. The third-order valence-electron chi connectivity index (χ3n) is 8.70. The molecule has 46 heavy (non-hydrogen) atoms. The van der Waals surface area contributed by atoms with Crippen molar-refractivity contribution in [1.82, 2.24) is 15.3 Å². The highest BCUT2D eigenvalue weighted by molar-refractivity contribution is 7.98. The molecule has 8 heteroatoms. The molecule has 2 heterocycles. The van der Waals surface area contributed by atoms with Crippen molar-refractivity contribution in [2.45, 2.75) is 42.1 Å². The van der Waals surface area contributed by atoms with E-state index in [1.807, 2.05) is 103 Å². The van der Waals surface area contributed by atoms with Crippen LogP contribution in [0.15, 0.2) is 126 Å². The number of aromatic nitrogens is 2. The molecule has 5 aromatic rings. The number of carbonyl (C=O) groups is 2. The molecule has 1 saturated heterocycles. The zero-order valence-corrected chi connectivity index (χ0v) is 27.2. The number of anilines is 1. The van der Waals surface area contributed by atoms with Crippen LogP contribution in [0, 0.1) is 0 Å². The molecule has 6 rings (SSSR count). The molecular formula is C38H35ClN4O2S. The maximum Gasteiger partial charge on any atom is 0.252 e. The quantitative estimate of drug-likeness (QED) is 0.0940. The Morgan fingerprint density at radius 1 is 0.826 bits per heavy atom. The molecule has 1 aliphatic heterocycles. The molecule has 1 N–H and O–H groups in total. The van der Waals surface area contributed by atoms with E-state index in [0.717, 1.165) is 28.1 Å². The highest BCUT2D eigenvalue weighted by Gasteiger charge is 2.40. The molecular weight excluding hydrogens is 612 g/mol. The Labute approximate surface area is 279 Å². The number of halogens is 1. The van der Waals surface area contributed by atoms with Crippen LogP contribution in [0.3, 0.4) is 0 Å². The van der Waals surface area contributed by atoms with Crippen molar-refractivity contribution in [3.05, 3.63) is 154 Å². The van der Waals surface area contributed by atoms with Crippen LogP contribution in [0.2, 0.25) is 5.15 Å². The fraction of sp³-hybridized carbons (Fsp3) is 0.211. The molecule has 0 saturated carbocycles. The van der Waals surface area contributed by atoms with Gasteiger partial charge >= 0.3 is 0 Å². The van der Waals surface area contributed by atoms with E-state index >= 15 is 0 Å². The second-order valence-corrected chi connectivity index (χ2v) is 12.9. The lowest BCUT2D eigenvalue weighted by Gasteiger charge is -2.41. The van der Waals surface area contributed by atoms with E-state index in [9.17, 15) is 9.59 Å². The number of hydrogen-bond donors (Lipinski definition) is 1. The molecule has 0 spiro atoms. The van der Waals surface area contributed by atoms with E-state index < -0.39 is 5.41 Å². The Morgan fingerprint density at radius 2 is 1.43 bits per heavy atom. The largest absolute Gasteiger partial charge is 0.356 e. The second-order valence-electron chi connectivity index (χ2n) is 11.5. The molecule has 0 radical (unpaired) electrons. The molecule has 1 fully saturated rings. The third kappa shape index (κ3) is 7.16. The van der Waals surface area contributed by atoms with Crippen LogP contribution in [0.5, 0.6) is 0 Å². The fourth-order valence-electron chi connectivity index (χ4n) is 6.15. The number of hydrogen-bond acceptors (Lipinski definition) is 6.